The average Bonchev–Trinajstić information content (AvgIpc) is 2.62. The van der Waals surface area contributed by atoms with Crippen molar-refractivity contribution in [3.8, 4) is 22.3 Å². The van der Waals surface area contributed by atoms with Crippen molar-refractivity contribution in [2.24, 2.45) is 0 Å². The Morgan fingerprint density at radius 2 is 1.14 bits per heavy atom. The number of benzene rings is 3. The second kappa shape index (κ2) is 6.59. The van der Waals surface area contributed by atoms with Crippen LogP contribution in [-0.2, 0) is 0 Å². The molecule has 0 heterocycles. The fourth-order valence-corrected chi connectivity index (χ4v) is 2.67. The summed E-state index contributed by atoms with van der Waals surface area (Å²) >= 11 is 0. The van der Waals surface area contributed by atoms with Crippen molar-refractivity contribution in [1.82, 2.24) is 0 Å². The summed E-state index contributed by atoms with van der Waals surface area (Å²) in [6, 6.07) is 27.0. The molecule has 0 aliphatic heterocycles. The van der Waals surface area contributed by atoms with Crippen molar-refractivity contribution < 1.29 is 5.11 Å². The van der Waals surface area contributed by atoms with Gasteiger partial charge in [0.15, 0.2) is 0 Å². The summed E-state index contributed by atoms with van der Waals surface area (Å²) in [4.78, 5) is 0. The van der Waals surface area contributed by atoms with E-state index in [2.05, 4.69) is 42.5 Å². The molecule has 0 amide bonds. The minimum absolute atomic E-state index is 0.425. The second-order valence-corrected chi connectivity index (χ2v) is 5.50. The quantitative estimate of drug-likeness (QED) is 0.675. The predicted octanol–water partition coefficient (Wildman–Crippen LogP) is 5.46. The Balaban J connectivity index is 2.14. The molecular weight excluding hydrogens is 268 g/mol. The van der Waals surface area contributed by atoms with Crippen LogP contribution >= 0.6 is 0 Å². The van der Waals surface area contributed by atoms with Gasteiger partial charge in [-0.3, -0.25) is 0 Å². The molecule has 110 valence electrons. The third-order valence-electron chi connectivity index (χ3n) is 3.94. The van der Waals surface area contributed by atoms with E-state index in [-0.39, 0.29) is 0 Å². The van der Waals surface area contributed by atoms with Crippen LogP contribution in [0, 0.1) is 0 Å². The lowest BCUT2D eigenvalue weighted by atomic mass is 9.94. The first-order valence-corrected chi connectivity index (χ1v) is 7.72. The van der Waals surface area contributed by atoms with Crippen molar-refractivity contribution in [2.45, 2.75) is 19.4 Å². The van der Waals surface area contributed by atoms with Gasteiger partial charge in [-0.25, -0.2) is 0 Å². The van der Waals surface area contributed by atoms with Crippen LogP contribution in [0.15, 0.2) is 78.9 Å². The molecule has 0 aromatic heterocycles. The number of aliphatic hydroxyl groups excluding tert-OH is 1. The highest BCUT2D eigenvalue weighted by atomic mass is 16.3. The van der Waals surface area contributed by atoms with E-state index < -0.39 is 6.10 Å². The summed E-state index contributed by atoms with van der Waals surface area (Å²) in [7, 11) is 0. The highest BCUT2D eigenvalue weighted by Crippen LogP contribution is 2.31. The molecule has 1 heteroatoms. The van der Waals surface area contributed by atoms with Crippen LogP contribution in [0.5, 0.6) is 0 Å². The van der Waals surface area contributed by atoms with Crippen LogP contribution in [0.25, 0.3) is 22.3 Å². The van der Waals surface area contributed by atoms with E-state index in [1.165, 1.54) is 11.1 Å². The minimum atomic E-state index is -0.425. The molecule has 0 bridgehead atoms. The normalized spacial score (nSPS) is 12.1. The van der Waals surface area contributed by atoms with Crippen molar-refractivity contribution in [2.75, 3.05) is 0 Å². The Labute approximate surface area is 131 Å². The zero-order chi connectivity index (χ0) is 15.4. The van der Waals surface area contributed by atoms with E-state index in [1.54, 1.807) is 0 Å². The Bertz CT molecular complexity index is 675. The van der Waals surface area contributed by atoms with E-state index >= 15 is 0 Å². The molecule has 0 unspecified atom stereocenters. The van der Waals surface area contributed by atoms with Gasteiger partial charge in [0.05, 0.1) is 6.10 Å². The van der Waals surface area contributed by atoms with Crippen molar-refractivity contribution >= 4 is 0 Å². The summed E-state index contributed by atoms with van der Waals surface area (Å²) in [5.41, 5.74) is 5.60. The molecule has 0 fully saturated rings. The van der Waals surface area contributed by atoms with Crippen molar-refractivity contribution in [3.63, 3.8) is 0 Å². The van der Waals surface area contributed by atoms with Gasteiger partial charge in [0, 0.05) is 0 Å². The van der Waals surface area contributed by atoms with E-state index in [0.717, 1.165) is 16.7 Å². The molecule has 3 aromatic carbocycles. The van der Waals surface area contributed by atoms with Gasteiger partial charge in [-0.2, -0.15) is 0 Å². The van der Waals surface area contributed by atoms with Gasteiger partial charge in [-0.1, -0.05) is 67.6 Å². The highest BCUT2D eigenvalue weighted by Gasteiger charge is 2.10. The van der Waals surface area contributed by atoms with Gasteiger partial charge in [-0.15, -0.1) is 0 Å². The van der Waals surface area contributed by atoms with E-state index in [0.29, 0.717) is 6.42 Å². The van der Waals surface area contributed by atoms with Crippen LogP contribution in [-0.4, -0.2) is 5.11 Å². The van der Waals surface area contributed by atoms with Crippen LogP contribution in [0.3, 0.4) is 0 Å². The first kappa shape index (κ1) is 14.6. The SMILES string of the molecule is CC[C@H](O)c1cc(-c2ccccc2)cc(-c2ccccc2)c1. The highest BCUT2D eigenvalue weighted by molar-refractivity contribution is 5.74. The van der Waals surface area contributed by atoms with Crippen LogP contribution in [0.1, 0.15) is 25.0 Å². The summed E-state index contributed by atoms with van der Waals surface area (Å²) in [5.74, 6) is 0. The van der Waals surface area contributed by atoms with Gasteiger partial charge in [0.2, 0.25) is 0 Å². The average molecular weight is 288 g/mol. The van der Waals surface area contributed by atoms with E-state index in [9.17, 15) is 5.11 Å². The molecule has 3 rings (SSSR count). The molecule has 22 heavy (non-hydrogen) atoms. The zero-order valence-corrected chi connectivity index (χ0v) is 12.7. The van der Waals surface area contributed by atoms with Gasteiger partial charge in [0.1, 0.15) is 0 Å². The Hall–Kier alpha value is -2.38. The van der Waals surface area contributed by atoms with Crippen LogP contribution in [0.2, 0.25) is 0 Å². The van der Waals surface area contributed by atoms with E-state index in [1.807, 2.05) is 43.3 Å². The minimum Gasteiger partial charge on any atom is -0.388 e. The Morgan fingerprint density at radius 1 is 0.682 bits per heavy atom. The van der Waals surface area contributed by atoms with Crippen molar-refractivity contribution in [1.29, 1.82) is 0 Å². The molecule has 1 atom stereocenters. The predicted molar refractivity (Wildman–Crippen MR) is 92.6 cm³/mol. The number of rotatable bonds is 4. The smallest absolute Gasteiger partial charge is 0.0787 e. The monoisotopic (exact) mass is 288 g/mol. The van der Waals surface area contributed by atoms with E-state index in [4.69, 9.17) is 0 Å². The summed E-state index contributed by atoms with van der Waals surface area (Å²) in [6.45, 7) is 2.00. The fraction of sp³-hybridized carbons (Fsp3) is 0.143. The fourth-order valence-electron chi connectivity index (χ4n) is 2.67. The summed E-state index contributed by atoms with van der Waals surface area (Å²) < 4.78 is 0. The standard InChI is InChI=1S/C21H20O/c1-2-21(22)20-14-18(16-9-5-3-6-10-16)13-19(15-20)17-11-7-4-8-12-17/h3-15,21-22H,2H2,1H3/t21-/m0/s1. The first-order valence-electron chi connectivity index (χ1n) is 7.72. The lowest BCUT2D eigenvalue weighted by molar-refractivity contribution is 0.174. The van der Waals surface area contributed by atoms with Crippen molar-refractivity contribution in [3.05, 3.63) is 84.4 Å². The second-order valence-electron chi connectivity index (χ2n) is 5.50. The summed E-state index contributed by atoms with van der Waals surface area (Å²) in [5, 5.41) is 10.3. The van der Waals surface area contributed by atoms with Crippen LogP contribution in [0.4, 0.5) is 0 Å². The maximum absolute atomic E-state index is 10.3. The number of aliphatic hydroxyl groups is 1. The zero-order valence-electron chi connectivity index (χ0n) is 12.7. The number of hydrogen-bond acceptors (Lipinski definition) is 1. The molecule has 0 radical (unpaired) electrons. The molecule has 0 saturated carbocycles. The molecule has 0 saturated heterocycles. The third kappa shape index (κ3) is 3.10. The molecule has 0 aliphatic carbocycles. The Kier molecular flexibility index (Phi) is 4.36. The van der Waals surface area contributed by atoms with Gasteiger partial charge < -0.3 is 5.11 Å². The molecular formula is C21H20O. The maximum Gasteiger partial charge on any atom is 0.0787 e. The summed E-state index contributed by atoms with van der Waals surface area (Å²) in [6.07, 6.45) is 0.290. The van der Waals surface area contributed by atoms with Gasteiger partial charge in [0.25, 0.3) is 0 Å². The lowest BCUT2D eigenvalue weighted by Crippen LogP contribution is -1.96. The third-order valence-corrected chi connectivity index (χ3v) is 3.94. The molecule has 1 nitrogen and oxygen atoms in total. The molecule has 3 aromatic rings. The first-order chi connectivity index (χ1) is 10.8. The maximum atomic E-state index is 10.3. The number of hydrogen-bond donors (Lipinski definition) is 1. The largest absolute Gasteiger partial charge is 0.388 e. The molecule has 1 N–H and O–H groups in total. The van der Waals surface area contributed by atoms with Crippen LogP contribution < -0.4 is 0 Å². The lowest BCUT2D eigenvalue weighted by Gasteiger charge is -2.14. The topological polar surface area (TPSA) is 20.2 Å². The Morgan fingerprint density at radius 3 is 1.55 bits per heavy atom. The van der Waals surface area contributed by atoms with Gasteiger partial charge in [-0.05, 0) is 52.4 Å². The van der Waals surface area contributed by atoms with Gasteiger partial charge >= 0.3 is 0 Å². The molecule has 0 spiro atoms. The molecule has 0 aliphatic rings.